The van der Waals surface area contributed by atoms with Crippen LogP contribution in [0.2, 0.25) is 0 Å². The molecule has 0 aliphatic carbocycles. The fourth-order valence-electron chi connectivity index (χ4n) is 2.48. The molecule has 0 aliphatic rings. The summed E-state index contributed by atoms with van der Waals surface area (Å²) in [6.45, 7) is 3.92. The van der Waals surface area contributed by atoms with E-state index in [2.05, 4.69) is 20.8 Å². The number of hydrazone groups is 1. The fraction of sp³-hybridized carbons (Fsp3) is 0.111. The molecule has 0 saturated carbocycles. The van der Waals surface area contributed by atoms with Crippen LogP contribution in [0.3, 0.4) is 0 Å². The van der Waals surface area contributed by atoms with E-state index in [4.69, 9.17) is 0 Å². The Hall–Kier alpha value is -3.08. The zero-order chi connectivity index (χ0) is 16.2. The summed E-state index contributed by atoms with van der Waals surface area (Å²) < 4.78 is 0. The number of fused-ring (bicyclic) bond motifs is 1. The van der Waals surface area contributed by atoms with E-state index in [0.29, 0.717) is 0 Å². The molecule has 5 heteroatoms. The summed E-state index contributed by atoms with van der Waals surface area (Å²) in [6.07, 6.45) is 1.66. The first kappa shape index (κ1) is 14.8. The van der Waals surface area contributed by atoms with Crippen molar-refractivity contribution in [3.63, 3.8) is 0 Å². The molecule has 0 atom stereocenters. The number of nitrogens with zero attached hydrogens (tertiary/aromatic N) is 1. The third kappa shape index (κ3) is 3.23. The maximum Gasteiger partial charge on any atom is 0.339 e. The summed E-state index contributed by atoms with van der Waals surface area (Å²) in [5, 5.41) is 7.89. The predicted octanol–water partition coefficient (Wildman–Crippen LogP) is 3.94. The van der Waals surface area contributed by atoms with Crippen LogP contribution in [0.5, 0.6) is 0 Å². The van der Waals surface area contributed by atoms with Crippen LogP contribution in [0, 0.1) is 13.8 Å². The lowest BCUT2D eigenvalue weighted by molar-refractivity contribution is 0.252. The molecule has 3 rings (SSSR count). The van der Waals surface area contributed by atoms with Crippen LogP contribution in [0.4, 0.5) is 10.5 Å². The summed E-state index contributed by atoms with van der Waals surface area (Å²) in [7, 11) is 0. The number of carbonyl (C=O) groups is 1. The molecular formula is C18H18N4O. The minimum atomic E-state index is -0.368. The first-order chi connectivity index (χ1) is 11.1. The minimum Gasteiger partial charge on any atom is -0.358 e. The van der Waals surface area contributed by atoms with Crippen molar-refractivity contribution in [1.29, 1.82) is 0 Å². The smallest absolute Gasteiger partial charge is 0.339 e. The van der Waals surface area contributed by atoms with Gasteiger partial charge in [-0.3, -0.25) is 0 Å². The highest BCUT2D eigenvalue weighted by Gasteiger charge is 2.06. The molecule has 1 aromatic heterocycles. The first-order valence-corrected chi connectivity index (χ1v) is 7.38. The summed E-state index contributed by atoms with van der Waals surface area (Å²) >= 11 is 0. The summed E-state index contributed by atoms with van der Waals surface area (Å²) in [6, 6.07) is 15.2. The van der Waals surface area contributed by atoms with Crippen molar-refractivity contribution in [2.75, 3.05) is 5.32 Å². The molecule has 2 amide bonds. The topological polar surface area (TPSA) is 69.3 Å². The van der Waals surface area contributed by atoms with Gasteiger partial charge < -0.3 is 10.3 Å². The molecule has 116 valence electrons. The van der Waals surface area contributed by atoms with Crippen LogP contribution in [-0.4, -0.2) is 17.2 Å². The lowest BCUT2D eigenvalue weighted by atomic mass is 10.1. The molecule has 2 aromatic carbocycles. The van der Waals surface area contributed by atoms with Gasteiger partial charge >= 0.3 is 6.03 Å². The van der Waals surface area contributed by atoms with E-state index in [1.54, 1.807) is 6.21 Å². The number of para-hydroxylation sites is 2. The van der Waals surface area contributed by atoms with Gasteiger partial charge in [0.15, 0.2) is 0 Å². The Bertz CT molecular complexity index is 880. The van der Waals surface area contributed by atoms with E-state index in [0.717, 1.165) is 33.4 Å². The van der Waals surface area contributed by atoms with Crippen molar-refractivity contribution in [2.45, 2.75) is 13.8 Å². The average molecular weight is 306 g/mol. The van der Waals surface area contributed by atoms with Crippen LogP contribution in [0.15, 0.2) is 53.6 Å². The van der Waals surface area contributed by atoms with E-state index >= 15 is 0 Å². The zero-order valence-corrected chi connectivity index (χ0v) is 13.1. The molecule has 3 N–H and O–H groups in total. The zero-order valence-electron chi connectivity index (χ0n) is 13.1. The lowest BCUT2D eigenvalue weighted by Crippen LogP contribution is -2.24. The number of aromatic nitrogens is 1. The molecule has 5 nitrogen and oxygen atoms in total. The number of rotatable bonds is 3. The first-order valence-electron chi connectivity index (χ1n) is 7.38. The predicted molar refractivity (Wildman–Crippen MR) is 94.0 cm³/mol. The Kier molecular flexibility index (Phi) is 4.10. The Morgan fingerprint density at radius 2 is 1.83 bits per heavy atom. The Morgan fingerprint density at radius 1 is 1.09 bits per heavy atom. The quantitative estimate of drug-likeness (QED) is 0.498. The van der Waals surface area contributed by atoms with Gasteiger partial charge in [-0.25, -0.2) is 10.2 Å². The summed E-state index contributed by atoms with van der Waals surface area (Å²) in [5.41, 5.74) is 7.29. The summed E-state index contributed by atoms with van der Waals surface area (Å²) in [4.78, 5) is 15.2. The van der Waals surface area contributed by atoms with Crippen LogP contribution >= 0.6 is 0 Å². The number of hydrogen-bond acceptors (Lipinski definition) is 2. The van der Waals surface area contributed by atoms with Gasteiger partial charge in [0, 0.05) is 27.8 Å². The number of anilines is 1. The van der Waals surface area contributed by atoms with Crippen molar-refractivity contribution in [1.82, 2.24) is 10.4 Å². The number of aromatic amines is 1. The van der Waals surface area contributed by atoms with Crippen molar-refractivity contribution in [2.24, 2.45) is 5.10 Å². The molecule has 0 fully saturated rings. The fourth-order valence-corrected chi connectivity index (χ4v) is 2.48. The number of carbonyl (C=O) groups excluding carboxylic acids is 1. The van der Waals surface area contributed by atoms with Crippen molar-refractivity contribution in [3.8, 4) is 0 Å². The van der Waals surface area contributed by atoms with E-state index < -0.39 is 0 Å². The third-order valence-corrected chi connectivity index (χ3v) is 3.70. The molecule has 3 aromatic rings. The van der Waals surface area contributed by atoms with Gasteiger partial charge in [-0.1, -0.05) is 36.4 Å². The van der Waals surface area contributed by atoms with Gasteiger partial charge in [0.25, 0.3) is 0 Å². The minimum absolute atomic E-state index is 0.368. The number of nitrogens with one attached hydrogen (secondary N) is 3. The van der Waals surface area contributed by atoms with Gasteiger partial charge in [0.2, 0.25) is 0 Å². The SMILES string of the molecule is Cc1ccccc1NC(=O)N/N=C\c1c(C)[nH]c2ccccc12. The molecule has 0 spiro atoms. The molecular weight excluding hydrogens is 288 g/mol. The number of aryl methyl sites for hydroxylation is 2. The molecule has 0 saturated heterocycles. The Morgan fingerprint density at radius 3 is 2.65 bits per heavy atom. The van der Waals surface area contributed by atoms with E-state index in [1.807, 2.05) is 62.4 Å². The number of benzene rings is 2. The van der Waals surface area contributed by atoms with Crippen molar-refractivity contribution < 1.29 is 4.79 Å². The third-order valence-electron chi connectivity index (χ3n) is 3.70. The normalized spacial score (nSPS) is 11.0. The second kappa shape index (κ2) is 6.36. The monoisotopic (exact) mass is 306 g/mol. The van der Waals surface area contributed by atoms with Gasteiger partial charge in [-0.15, -0.1) is 0 Å². The van der Waals surface area contributed by atoms with Gasteiger partial charge in [-0.05, 0) is 31.5 Å². The van der Waals surface area contributed by atoms with E-state index in [-0.39, 0.29) is 6.03 Å². The van der Waals surface area contributed by atoms with Crippen molar-refractivity contribution >= 4 is 28.8 Å². The second-order valence-electron chi connectivity index (χ2n) is 5.35. The average Bonchev–Trinajstić information content (AvgIpc) is 2.86. The van der Waals surface area contributed by atoms with Gasteiger partial charge in [0.1, 0.15) is 0 Å². The van der Waals surface area contributed by atoms with Gasteiger partial charge in [0.05, 0.1) is 6.21 Å². The molecule has 23 heavy (non-hydrogen) atoms. The standard InChI is InChI=1S/C18H18N4O/c1-12-7-3-5-9-16(12)21-18(23)22-19-11-15-13(2)20-17-10-6-4-8-14(15)17/h3-11,20H,1-2H3,(H2,21,22,23)/b19-11-. The maximum atomic E-state index is 11.9. The summed E-state index contributed by atoms with van der Waals surface area (Å²) in [5.74, 6) is 0. The molecule has 0 bridgehead atoms. The van der Waals surface area contributed by atoms with Gasteiger partial charge in [-0.2, -0.15) is 5.10 Å². The molecule has 0 unspecified atom stereocenters. The largest absolute Gasteiger partial charge is 0.358 e. The number of H-pyrrole nitrogens is 1. The lowest BCUT2D eigenvalue weighted by Gasteiger charge is -2.06. The highest BCUT2D eigenvalue weighted by Crippen LogP contribution is 2.19. The van der Waals surface area contributed by atoms with Crippen LogP contribution in [0.1, 0.15) is 16.8 Å². The highest BCUT2D eigenvalue weighted by atomic mass is 16.2. The maximum absolute atomic E-state index is 11.9. The second-order valence-corrected chi connectivity index (χ2v) is 5.35. The van der Waals surface area contributed by atoms with Crippen molar-refractivity contribution in [3.05, 3.63) is 65.4 Å². The Labute approximate surface area is 134 Å². The van der Waals surface area contributed by atoms with Crippen LogP contribution in [0.25, 0.3) is 10.9 Å². The molecule has 0 aliphatic heterocycles. The van der Waals surface area contributed by atoms with E-state index in [1.165, 1.54) is 0 Å². The molecule has 1 heterocycles. The Balaban J connectivity index is 1.70. The number of amides is 2. The molecule has 0 radical (unpaired) electrons. The van der Waals surface area contributed by atoms with Crippen LogP contribution in [-0.2, 0) is 0 Å². The van der Waals surface area contributed by atoms with Crippen LogP contribution < -0.4 is 10.7 Å². The number of hydrogen-bond donors (Lipinski definition) is 3. The van der Waals surface area contributed by atoms with E-state index in [9.17, 15) is 4.79 Å². The number of urea groups is 1. The highest BCUT2D eigenvalue weighted by molar-refractivity contribution is 6.01.